The van der Waals surface area contributed by atoms with Crippen molar-refractivity contribution in [2.75, 3.05) is 33.8 Å². The molecule has 0 bridgehead atoms. The summed E-state index contributed by atoms with van der Waals surface area (Å²) in [5, 5.41) is 0. The first-order valence-electron chi connectivity index (χ1n) is 6.91. The van der Waals surface area contributed by atoms with Crippen LogP contribution < -0.4 is 0 Å². The van der Waals surface area contributed by atoms with Gasteiger partial charge in [-0.25, -0.2) is 0 Å². The van der Waals surface area contributed by atoms with Crippen LogP contribution in [0.1, 0.15) is 5.56 Å². The second-order valence-corrected chi connectivity index (χ2v) is 5.26. The van der Waals surface area contributed by atoms with Gasteiger partial charge in [0.2, 0.25) is 0 Å². The zero-order chi connectivity index (χ0) is 14.4. The van der Waals surface area contributed by atoms with Crippen LogP contribution in [0.4, 0.5) is 0 Å². The van der Waals surface area contributed by atoms with Gasteiger partial charge in [-0.1, -0.05) is 30.3 Å². The number of hydrogen-bond donors (Lipinski definition) is 0. The van der Waals surface area contributed by atoms with Crippen LogP contribution >= 0.6 is 0 Å². The normalized spacial score (nSPS) is 20.2. The molecule has 1 heterocycles. The van der Waals surface area contributed by atoms with Crippen molar-refractivity contribution >= 4 is 5.78 Å². The summed E-state index contributed by atoms with van der Waals surface area (Å²) in [6.07, 6.45) is 3.02. The van der Waals surface area contributed by atoms with Crippen molar-refractivity contribution in [2.24, 2.45) is 0 Å². The molecule has 0 radical (unpaired) electrons. The third kappa shape index (κ3) is 4.47. The molecule has 108 valence electrons. The summed E-state index contributed by atoms with van der Waals surface area (Å²) in [5.74, 6) is 0.0384. The average Bonchev–Trinajstić information content (AvgIpc) is 2.46. The number of benzene rings is 1. The van der Waals surface area contributed by atoms with E-state index in [1.807, 2.05) is 37.2 Å². The van der Waals surface area contributed by atoms with E-state index in [0.717, 1.165) is 13.1 Å². The Morgan fingerprint density at radius 1 is 1.40 bits per heavy atom. The van der Waals surface area contributed by atoms with E-state index >= 15 is 0 Å². The van der Waals surface area contributed by atoms with E-state index in [4.69, 9.17) is 4.74 Å². The summed E-state index contributed by atoms with van der Waals surface area (Å²) < 4.78 is 5.58. The second-order valence-electron chi connectivity index (χ2n) is 5.26. The van der Waals surface area contributed by atoms with Crippen LogP contribution in [0.25, 0.3) is 0 Å². The Bertz CT molecular complexity index is 457. The maximum Gasteiger partial charge on any atom is 0.187 e. The van der Waals surface area contributed by atoms with E-state index in [0.29, 0.717) is 13.2 Å². The highest BCUT2D eigenvalue weighted by Crippen LogP contribution is 2.11. The van der Waals surface area contributed by atoms with Crippen LogP contribution in [0.2, 0.25) is 0 Å². The number of ketones is 1. The van der Waals surface area contributed by atoms with E-state index in [9.17, 15) is 4.79 Å². The Morgan fingerprint density at radius 3 is 2.85 bits per heavy atom. The van der Waals surface area contributed by atoms with Crippen molar-refractivity contribution in [3.05, 3.63) is 48.2 Å². The van der Waals surface area contributed by atoms with Gasteiger partial charge in [0.15, 0.2) is 5.78 Å². The maximum atomic E-state index is 12.0. The Morgan fingerprint density at radius 2 is 2.15 bits per heavy atom. The quantitative estimate of drug-likeness (QED) is 0.762. The van der Waals surface area contributed by atoms with Gasteiger partial charge in [0.1, 0.15) is 6.10 Å². The summed E-state index contributed by atoms with van der Waals surface area (Å²) in [7, 11) is 3.79. The van der Waals surface area contributed by atoms with Gasteiger partial charge < -0.3 is 9.64 Å². The molecule has 2 rings (SSSR count). The van der Waals surface area contributed by atoms with Crippen molar-refractivity contribution in [3.8, 4) is 0 Å². The highest BCUT2D eigenvalue weighted by molar-refractivity contribution is 5.93. The molecule has 0 aliphatic carbocycles. The maximum absolute atomic E-state index is 12.0. The van der Waals surface area contributed by atoms with Crippen LogP contribution in [-0.4, -0.2) is 55.5 Å². The van der Waals surface area contributed by atoms with Gasteiger partial charge in [-0.2, -0.15) is 0 Å². The average molecular weight is 274 g/mol. The first-order chi connectivity index (χ1) is 9.65. The molecule has 1 atom stereocenters. The number of rotatable bonds is 5. The standard InChI is InChI=1S/C16H22N2O2/c1-17(2)9-8-15(19)16-13-18(10-11-20-16)12-14-6-4-3-5-7-14/h3-9,16H,10-13H2,1-2H3. The summed E-state index contributed by atoms with van der Waals surface area (Å²) in [5.41, 5.74) is 1.27. The number of carbonyl (C=O) groups is 1. The molecule has 1 saturated heterocycles. The SMILES string of the molecule is CN(C)C=CC(=O)C1CN(Cc2ccccc2)CCO1. The summed E-state index contributed by atoms with van der Waals surface area (Å²) >= 11 is 0. The van der Waals surface area contributed by atoms with Crippen molar-refractivity contribution in [1.29, 1.82) is 0 Å². The molecule has 4 nitrogen and oxygen atoms in total. The molecule has 0 amide bonds. The molecule has 1 aliphatic heterocycles. The summed E-state index contributed by atoms with van der Waals surface area (Å²) in [6.45, 7) is 3.01. The first-order valence-corrected chi connectivity index (χ1v) is 6.91. The molecule has 1 aliphatic rings. The predicted octanol–water partition coefficient (Wildman–Crippen LogP) is 1.53. The Hall–Kier alpha value is -1.65. The van der Waals surface area contributed by atoms with Crippen LogP contribution in [0.5, 0.6) is 0 Å². The molecular formula is C16H22N2O2. The van der Waals surface area contributed by atoms with Crippen LogP contribution in [0, 0.1) is 0 Å². The van der Waals surface area contributed by atoms with Gasteiger partial charge in [-0.05, 0) is 11.6 Å². The Balaban J connectivity index is 1.90. The molecule has 20 heavy (non-hydrogen) atoms. The largest absolute Gasteiger partial charge is 0.383 e. The first kappa shape index (κ1) is 14.8. The van der Waals surface area contributed by atoms with Gasteiger partial charge in [0.05, 0.1) is 6.61 Å². The molecule has 1 fully saturated rings. The van der Waals surface area contributed by atoms with Gasteiger partial charge in [0.25, 0.3) is 0 Å². The van der Waals surface area contributed by atoms with Crippen molar-refractivity contribution in [3.63, 3.8) is 0 Å². The monoisotopic (exact) mass is 274 g/mol. The Labute approximate surface area is 120 Å². The molecule has 1 unspecified atom stereocenters. The van der Waals surface area contributed by atoms with E-state index in [2.05, 4.69) is 17.0 Å². The third-order valence-corrected chi connectivity index (χ3v) is 3.25. The molecule has 1 aromatic rings. The number of carbonyl (C=O) groups excluding carboxylic acids is 1. The van der Waals surface area contributed by atoms with E-state index in [1.54, 1.807) is 12.3 Å². The molecule has 0 aromatic heterocycles. The minimum absolute atomic E-state index is 0.0384. The number of nitrogens with zero attached hydrogens (tertiary/aromatic N) is 2. The molecule has 4 heteroatoms. The highest BCUT2D eigenvalue weighted by Gasteiger charge is 2.24. The lowest BCUT2D eigenvalue weighted by molar-refractivity contribution is -0.131. The topological polar surface area (TPSA) is 32.8 Å². The number of hydrogen-bond acceptors (Lipinski definition) is 4. The highest BCUT2D eigenvalue weighted by atomic mass is 16.5. The number of morpholine rings is 1. The zero-order valence-corrected chi connectivity index (χ0v) is 12.2. The summed E-state index contributed by atoms with van der Waals surface area (Å²) in [4.78, 5) is 16.2. The Kier molecular flexibility index (Phi) is 5.32. The van der Waals surface area contributed by atoms with Crippen molar-refractivity contribution in [1.82, 2.24) is 9.80 Å². The fraction of sp³-hybridized carbons (Fsp3) is 0.438. The zero-order valence-electron chi connectivity index (χ0n) is 12.2. The predicted molar refractivity (Wildman–Crippen MR) is 79.3 cm³/mol. The smallest absolute Gasteiger partial charge is 0.187 e. The molecular weight excluding hydrogens is 252 g/mol. The lowest BCUT2D eigenvalue weighted by Gasteiger charge is -2.31. The second kappa shape index (κ2) is 7.22. The lowest BCUT2D eigenvalue weighted by atomic mass is 10.1. The van der Waals surface area contributed by atoms with E-state index < -0.39 is 0 Å². The van der Waals surface area contributed by atoms with Crippen LogP contribution in [0.15, 0.2) is 42.6 Å². The fourth-order valence-electron chi connectivity index (χ4n) is 2.19. The van der Waals surface area contributed by atoms with E-state index in [1.165, 1.54) is 5.56 Å². The minimum Gasteiger partial charge on any atom is -0.383 e. The number of ether oxygens (including phenoxy) is 1. The molecule has 0 N–H and O–H groups in total. The van der Waals surface area contributed by atoms with Gasteiger partial charge in [0, 0.05) is 39.9 Å². The molecule has 0 spiro atoms. The van der Waals surface area contributed by atoms with Crippen molar-refractivity contribution < 1.29 is 9.53 Å². The van der Waals surface area contributed by atoms with Gasteiger partial charge in [-0.15, -0.1) is 0 Å². The van der Waals surface area contributed by atoms with E-state index in [-0.39, 0.29) is 11.9 Å². The summed E-state index contributed by atoms with van der Waals surface area (Å²) in [6, 6.07) is 10.3. The van der Waals surface area contributed by atoms with Gasteiger partial charge >= 0.3 is 0 Å². The lowest BCUT2D eigenvalue weighted by Crippen LogP contribution is -2.45. The third-order valence-electron chi connectivity index (χ3n) is 3.25. The van der Waals surface area contributed by atoms with Crippen LogP contribution in [-0.2, 0) is 16.1 Å². The van der Waals surface area contributed by atoms with Gasteiger partial charge in [-0.3, -0.25) is 9.69 Å². The van der Waals surface area contributed by atoms with Crippen LogP contribution in [0.3, 0.4) is 0 Å². The fourth-order valence-corrected chi connectivity index (χ4v) is 2.19. The van der Waals surface area contributed by atoms with Crippen molar-refractivity contribution in [2.45, 2.75) is 12.6 Å². The minimum atomic E-state index is -0.344. The molecule has 1 aromatic carbocycles. The molecule has 0 saturated carbocycles.